The Morgan fingerprint density at radius 1 is 0.667 bits per heavy atom. The third kappa shape index (κ3) is 4.24. The molecule has 2 saturated carbocycles. The van der Waals surface area contributed by atoms with Gasteiger partial charge in [0.05, 0.1) is 6.61 Å². The first-order chi connectivity index (χ1) is 8.92. The summed E-state index contributed by atoms with van der Waals surface area (Å²) in [6.45, 7) is 1.25. The molecular formula is C16H31NO. The van der Waals surface area contributed by atoms with Gasteiger partial charge in [-0.1, -0.05) is 51.4 Å². The van der Waals surface area contributed by atoms with Gasteiger partial charge >= 0.3 is 0 Å². The third-order valence-corrected chi connectivity index (χ3v) is 4.95. The van der Waals surface area contributed by atoms with E-state index in [2.05, 4.69) is 4.90 Å². The summed E-state index contributed by atoms with van der Waals surface area (Å²) in [7, 11) is 0. The van der Waals surface area contributed by atoms with Crippen LogP contribution in [0, 0.1) is 0 Å². The lowest BCUT2D eigenvalue weighted by Crippen LogP contribution is -2.44. The molecule has 2 fully saturated rings. The molecule has 0 saturated heterocycles. The van der Waals surface area contributed by atoms with Crippen molar-refractivity contribution in [3.8, 4) is 0 Å². The Balaban J connectivity index is 1.95. The molecule has 2 heteroatoms. The molecule has 0 atom stereocenters. The highest BCUT2D eigenvalue weighted by Crippen LogP contribution is 2.28. The maximum atomic E-state index is 9.40. The first-order valence-corrected chi connectivity index (χ1v) is 8.28. The molecule has 0 spiro atoms. The predicted molar refractivity (Wildman–Crippen MR) is 76.8 cm³/mol. The van der Waals surface area contributed by atoms with Gasteiger partial charge in [0.25, 0.3) is 0 Å². The van der Waals surface area contributed by atoms with Crippen LogP contribution in [0.25, 0.3) is 0 Å². The van der Waals surface area contributed by atoms with E-state index >= 15 is 0 Å². The van der Waals surface area contributed by atoms with Crippen molar-refractivity contribution < 1.29 is 5.11 Å². The number of hydrogen-bond donors (Lipinski definition) is 1. The Labute approximate surface area is 113 Å². The van der Waals surface area contributed by atoms with Crippen LogP contribution in [0.5, 0.6) is 0 Å². The van der Waals surface area contributed by atoms with E-state index in [1.165, 1.54) is 77.0 Å². The zero-order valence-corrected chi connectivity index (χ0v) is 11.9. The number of aliphatic hydroxyl groups excluding tert-OH is 1. The highest BCUT2D eigenvalue weighted by atomic mass is 16.3. The van der Waals surface area contributed by atoms with Crippen LogP contribution in [-0.4, -0.2) is 35.2 Å². The van der Waals surface area contributed by atoms with Gasteiger partial charge in [0.1, 0.15) is 0 Å². The molecule has 0 aromatic heterocycles. The normalized spacial score (nSPS) is 25.0. The van der Waals surface area contributed by atoms with Gasteiger partial charge in [0, 0.05) is 18.6 Å². The van der Waals surface area contributed by atoms with E-state index in [4.69, 9.17) is 0 Å². The maximum Gasteiger partial charge on any atom is 0.0558 e. The van der Waals surface area contributed by atoms with Crippen LogP contribution in [0.4, 0.5) is 0 Å². The zero-order chi connectivity index (χ0) is 12.6. The van der Waals surface area contributed by atoms with E-state index in [0.717, 1.165) is 18.6 Å². The fraction of sp³-hybridized carbons (Fsp3) is 1.00. The summed E-state index contributed by atoms with van der Waals surface area (Å²) in [5.74, 6) is 0. The molecule has 106 valence electrons. The van der Waals surface area contributed by atoms with Gasteiger partial charge in [-0.3, -0.25) is 4.90 Å². The summed E-state index contributed by atoms with van der Waals surface area (Å²) in [6.07, 6.45) is 16.8. The minimum absolute atomic E-state index is 0.340. The first kappa shape index (κ1) is 14.3. The van der Waals surface area contributed by atoms with Crippen molar-refractivity contribution in [1.82, 2.24) is 4.90 Å². The van der Waals surface area contributed by atoms with Crippen molar-refractivity contribution in [3.05, 3.63) is 0 Å². The monoisotopic (exact) mass is 253 g/mol. The largest absolute Gasteiger partial charge is 0.395 e. The smallest absolute Gasteiger partial charge is 0.0558 e. The molecule has 2 rings (SSSR count). The summed E-state index contributed by atoms with van der Waals surface area (Å²) in [6, 6.07) is 1.53. The Kier molecular flexibility index (Phi) is 6.50. The lowest BCUT2D eigenvalue weighted by atomic mass is 10.00. The van der Waals surface area contributed by atoms with Gasteiger partial charge in [-0.25, -0.2) is 0 Å². The standard InChI is InChI=1S/C16H31NO/c18-14-13-17(15-9-5-1-2-6-10-15)16-11-7-3-4-8-12-16/h15-16,18H,1-14H2. The van der Waals surface area contributed by atoms with E-state index in [-0.39, 0.29) is 0 Å². The molecule has 18 heavy (non-hydrogen) atoms. The van der Waals surface area contributed by atoms with Crippen LogP contribution in [0.1, 0.15) is 77.0 Å². The lowest BCUT2D eigenvalue weighted by Gasteiger charge is -2.37. The van der Waals surface area contributed by atoms with Gasteiger partial charge in [-0.15, -0.1) is 0 Å². The Hall–Kier alpha value is -0.0800. The Morgan fingerprint density at radius 3 is 1.39 bits per heavy atom. The second-order valence-corrected chi connectivity index (χ2v) is 6.25. The van der Waals surface area contributed by atoms with Crippen LogP contribution >= 0.6 is 0 Å². The van der Waals surface area contributed by atoms with Crippen molar-refractivity contribution >= 4 is 0 Å². The SMILES string of the molecule is OCCN(C1CCCCCC1)C1CCCCCC1. The summed E-state index contributed by atoms with van der Waals surface area (Å²) >= 11 is 0. The number of aliphatic hydroxyl groups is 1. The van der Waals surface area contributed by atoms with Gasteiger partial charge in [0.2, 0.25) is 0 Å². The minimum atomic E-state index is 0.340. The van der Waals surface area contributed by atoms with Crippen molar-refractivity contribution in [2.24, 2.45) is 0 Å². The molecular weight excluding hydrogens is 222 g/mol. The summed E-state index contributed by atoms with van der Waals surface area (Å²) in [5, 5.41) is 9.40. The molecule has 2 aliphatic carbocycles. The molecule has 0 aliphatic heterocycles. The van der Waals surface area contributed by atoms with E-state index in [0.29, 0.717) is 6.61 Å². The molecule has 1 N–H and O–H groups in total. The van der Waals surface area contributed by atoms with Crippen LogP contribution in [0.15, 0.2) is 0 Å². The second-order valence-electron chi connectivity index (χ2n) is 6.25. The van der Waals surface area contributed by atoms with Crippen molar-refractivity contribution in [2.75, 3.05) is 13.2 Å². The molecule has 2 aliphatic rings. The number of nitrogens with zero attached hydrogens (tertiary/aromatic N) is 1. The van der Waals surface area contributed by atoms with Crippen molar-refractivity contribution in [2.45, 2.75) is 89.1 Å². The van der Waals surface area contributed by atoms with Crippen LogP contribution in [-0.2, 0) is 0 Å². The third-order valence-electron chi connectivity index (χ3n) is 4.95. The quantitative estimate of drug-likeness (QED) is 0.772. The van der Waals surface area contributed by atoms with Gasteiger partial charge in [-0.2, -0.15) is 0 Å². The summed E-state index contributed by atoms with van der Waals surface area (Å²) in [4.78, 5) is 2.69. The molecule has 0 radical (unpaired) electrons. The van der Waals surface area contributed by atoms with Crippen LogP contribution in [0.3, 0.4) is 0 Å². The second kappa shape index (κ2) is 8.16. The Bertz CT molecular complexity index is 183. The van der Waals surface area contributed by atoms with E-state index < -0.39 is 0 Å². The van der Waals surface area contributed by atoms with Gasteiger partial charge in [0.15, 0.2) is 0 Å². The fourth-order valence-corrected chi connectivity index (χ4v) is 3.96. The molecule has 0 unspecified atom stereocenters. The minimum Gasteiger partial charge on any atom is -0.395 e. The zero-order valence-electron chi connectivity index (χ0n) is 11.9. The average molecular weight is 253 g/mol. The topological polar surface area (TPSA) is 23.5 Å². The van der Waals surface area contributed by atoms with Gasteiger partial charge < -0.3 is 5.11 Å². The molecule has 0 aromatic carbocycles. The first-order valence-electron chi connectivity index (χ1n) is 8.28. The van der Waals surface area contributed by atoms with Crippen molar-refractivity contribution in [3.63, 3.8) is 0 Å². The molecule has 0 aromatic rings. The molecule has 0 heterocycles. The highest BCUT2D eigenvalue weighted by molar-refractivity contribution is 4.82. The average Bonchev–Trinajstić information content (AvgIpc) is 2.80. The van der Waals surface area contributed by atoms with E-state index in [9.17, 15) is 5.11 Å². The molecule has 0 amide bonds. The lowest BCUT2D eigenvalue weighted by molar-refractivity contribution is 0.0842. The maximum absolute atomic E-state index is 9.40. The van der Waals surface area contributed by atoms with E-state index in [1.54, 1.807) is 0 Å². The summed E-state index contributed by atoms with van der Waals surface area (Å²) in [5.41, 5.74) is 0. The van der Waals surface area contributed by atoms with E-state index in [1.807, 2.05) is 0 Å². The van der Waals surface area contributed by atoms with Crippen LogP contribution < -0.4 is 0 Å². The van der Waals surface area contributed by atoms with Crippen LogP contribution in [0.2, 0.25) is 0 Å². The molecule has 0 bridgehead atoms. The predicted octanol–water partition coefficient (Wildman–Crippen LogP) is 3.73. The summed E-state index contributed by atoms with van der Waals surface area (Å²) < 4.78 is 0. The number of hydrogen-bond acceptors (Lipinski definition) is 2. The highest BCUT2D eigenvalue weighted by Gasteiger charge is 2.26. The number of rotatable bonds is 4. The van der Waals surface area contributed by atoms with Gasteiger partial charge in [-0.05, 0) is 25.7 Å². The van der Waals surface area contributed by atoms with Crippen molar-refractivity contribution in [1.29, 1.82) is 0 Å². The Morgan fingerprint density at radius 2 is 1.06 bits per heavy atom. The molecule has 2 nitrogen and oxygen atoms in total. The fourth-order valence-electron chi connectivity index (χ4n) is 3.96.